The van der Waals surface area contributed by atoms with E-state index in [-0.39, 0.29) is 6.04 Å². The van der Waals surface area contributed by atoms with Gasteiger partial charge in [0, 0.05) is 25.2 Å². The van der Waals surface area contributed by atoms with Gasteiger partial charge in [0.2, 0.25) is 0 Å². The van der Waals surface area contributed by atoms with Crippen molar-refractivity contribution in [3.05, 3.63) is 0 Å². The number of nitrogens with zero attached hydrogens (tertiary/aromatic N) is 1. The molecule has 1 saturated heterocycles. The molecule has 0 aromatic carbocycles. The molecule has 1 atom stereocenters. The van der Waals surface area contributed by atoms with Gasteiger partial charge in [0.05, 0.1) is 0 Å². The molecule has 0 aliphatic carbocycles. The lowest BCUT2D eigenvalue weighted by Crippen LogP contribution is -2.49. The molecule has 1 aliphatic heterocycles. The van der Waals surface area contributed by atoms with E-state index in [0.717, 1.165) is 38.6 Å². The Morgan fingerprint density at radius 2 is 1.81 bits per heavy atom. The molecule has 0 spiro atoms. The van der Waals surface area contributed by atoms with Crippen LogP contribution in [0.15, 0.2) is 0 Å². The van der Waals surface area contributed by atoms with Crippen LogP contribution in [0.25, 0.3) is 0 Å². The molecule has 0 bridgehead atoms. The SMILES string of the molecule is CCCC(CC)NS(=O)(=O)N1CCC(CNC(C)C)CC1. The van der Waals surface area contributed by atoms with Gasteiger partial charge in [-0.05, 0) is 38.1 Å². The molecule has 21 heavy (non-hydrogen) atoms. The van der Waals surface area contributed by atoms with Crippen LogP contribution in [-0.4, -0.2) is 44.4 Å². The number of rotatable bonds is 9. The van der Waals surface area contributed by atoms with E-state index >= 15 is 0 Å². The molecule has 6 heteroatoms. The van der Waals surface area contributed by atoms with Crippen molar-refractivity contribution in [2.75, 3.05) is 19.6 Å². The quantitative estimate of drug-likeness (QED) is 0.684. The van der Waals surface area contributed by atoms with Gasteiger partial charge in [-0.2, -0.15) is 17.4 Å². The van der Waals surface area contributed by atoms with Crippen molar-refractivity contribution in [3.63, 3.8) is 0 Å². The topological polar surface area (TPSA) is 61.4 Å². The normalized spacial score (nSPS) is 20.0. The molecule has 1 unspecified atom stereocenters. The molecule has 2 N–H and O–H groups in total. The second kappa shape index (κ2) is 9.08. The Kier molecular flexibility index (Phi) is 8.16. The van der Waals surface area contributed by atoms with Crippen molar-refractivity contribution in [1.29, 1.82) is 0 Å². The van der Waals surface area contributed by atoms with Gasteiger partial charge >= 0.3 is 0 Å². The minimum atomic E-state index is -3.31. The number of hydrogen-bond donors (Lipinski definition) is 2. The monoisotopic (exact) mass is 319 g/mol. The second-order valence-corrected chi connectivity index (χ2v) is 8.12. The standard InChI is InChI=1S/C15H33N3O2S/c1-5-7-15(6-2)17-21(19,20)18-10-8-14(9-11-18)12-16-13(3)4/h13-17H,5-12H2,1-4H3. The number of piperidine rings is 1. The van der Waals surface area contributed by atoms with Crippen LogP contribution in [0.1, 0.15) is 59.8 Å². The zero-order valence-corrected chi connectivity index (χ0v) is 14.9. The summed E-state index contributed by atoms with van der Waals surface area (Å²) in [5.41, 5.74) is 0. The Morgan fingerprint density at radius 3 is 2.29 bits per heavy atom. The maximum atomic E-state index is 12.4. The van der Waals surface area contributed by atoms with Gasteiger partial charge in [-0.15, -0.1) is 0 Å². The van der Waals surface area contributed by atoms with E-state index in [1.165, 1.54) is 0 Å². The van der Waals surface area contributed by atoms with Crippen molar-refractivity contribution in [2.24, 2.45) is 5.92 Å². The maximum absolute atomic E-state index is 12.4. The van der Waals surface area contributed by atoms with Gasteiger partial charge < -0.3 is 5.32 Å². The summed E-state index contributed by atoms with van der Waals surface area (Å²) in [5, 5.41) is 3.44. The largest absolute Gasteiger partial charge is 0.314 e. The van der Waals surface area contributed by atoms with E-state index in [4.69, 9.17) is 0 Å². The van der Waals surface area contributed by atoms with Gasteiger partial charge in [0.1, 0.15) is 0 Å². The summed E-state index contributed by atoms with van der Waals surface area (Å²) in [5.74, 6) is 0.594. The first-order valence-corrected chi connectivity index (χ1v) is 9.83. The van der Waals surface area contributed by atoms with E-state index in [9.17, 15) is 8.42 Å². The Balaban J connectivity index is 2.44. The van der Waals surface area contributed by atoms with Gasteiger partial charge in [-0.1, -0.05) is 34.1 Å². The first-order valence-electron chi connectivity index (χ1n) is 8.39. The van der Waals surface area contributed by atoms with E-state index < -0.39 is 10.2 Å². The molecule has 0 saturated carbocycles. The predicted molar refractivity (Wildman–Crippen MR) is 88.5 cm³/mol. The molecule has 1 aliphatic rings. The van der Waals surface area contributed by atoms with Crippen LogP contribution in [0.2, 0.25) is 0 Å². The average Bonchev–Trinajstić information content (AvgIpc) is 2.45. The highest BCUT2D eigenvalue weighted by Crippen LogP contribution is 2.19. The minimum Gasteiger partial charge on any atom is -0.314 e. The fraction of sp³-hybridized carbons (Fsp3) is 1.00. The van der Waals surface area contributed by atoms with Crippen LogP contribution in [-0.2, 0) is 10.2 Å². The van der Waals surface area contributed by atoms with Crippen LogP contribution in [0.3, 0.4) is 0 Å². The summed E-state index contributed by atoms with van der Waals surface area (Å²) in [6, 6.07) is 0.563. The molecule has 0 amide bonds. The molecule has 0 aromatic heterocycles. The molecule has 126 valence electrons. The third-order valence-electron chi connectivity index (χ3n) is 4.17. The summed E-state index contributed by atoms with van der Waals surface area (Å²) in [6.07, 6.45) is 4.66. The fourth-order valence-corrected chi connectivity index (χ4v) is 4.28. The van der Waals surface area contributed by atoms with Crippen LogP contribution in [0.5, 0.6) is 0 Å². The zero-order valence-electron chi connectivity index (χ0n) is 14.1. The third kappa shape index (κ3) is 6.63. The van der Waals surface area contributed by atoms with Crippen molar-refractivity contribution >= 4 is 10.2 Å². The highest BCUT2D eigenvalue weighted by molar-refractivity contribution is 7.87. The Labute approximate surface area is 131 Å². The van der Waals surface area contributed by atoms with E-state index in [1.54, 1.807) is 4.31 Å². The average molecular weight is 320 g/mol. The Hall–Kier alpha value is -0.170. The second-order valence-electron chi connectivity index (χ2n) is 6.42. The van der Waals surface area contributed by atoms with Gasteiger partial charge in [-0.3, -0.25) is 0 Å². The lowest BCUT2D eigenvalue weighted by molar-refractivity contribution is 0.260. The van der Waals surface area contributed by atoms with Crippen LogP contribution < -0.4 is 10.0 Å². The molecule has 1 fully saturated rings. The number of nitrogens with one attached hydrogen (secondary N) is 2. The van der Waals surface area contributed by atoms with Crippen molar-refractivity contribution in [1.82, 2.24) is 14.3 Å². The lowest BCUT2D eigenvalue weighted by atomic mass is 9.98. The van der Waals surface area contributed by atoms with Crippen LogP contribution >= 0.6 is 0 Å². The molecule has 5 nitrogen and oxygen atoms in total. The Morgan fingerprint density at radius 1 is 1.19 bits per heavy atom. The highest BCUT2D eigenvalue weighted by Gasteiger charge is 2.29. The summed E-state index contributed by atoms with van der Waals surface area (Å²) in [7, 11) is -3.31. The minimum absolute atomic E-state index is 0.0698. The molecular formula is C15H33N3O2S. The summed E-state index contributed by atoms with van der Waals surface area (Å²) < 4.78 is 29.3. The smallest absolute Gasteiger partial charge is 0.279 e. The first-order chi connectivity index (χ1) is 9.89. The fourth-order valence-electron chi connectivity index (χ4n) is 2.74. The molecule has 0 aromatic rings. The van der Waals surface area contributed by atoms with Gasteiger partial charge in [-0.25, -0.2) is 0 Å². The summed E-state index contributed by atoms with van der Waals surface area (Å²) >= 11 is 0. The zero-order chi connectivity index (χ0) is 15.9. The molecular weight excluding hydrogens is 286 g/mol. The summed E-state index contributed by atoms with van der Waals surface area (Å²) in [4.78, 5) is 0. The van der Waals surface area contributed by atoms with E-state index in [2.05, 4.69) is 30.8 Å². The maximum Gasteiger partial charge on any atom is 0.279 e. The summed E-state index contributed by atoms with van der Waals surface area (Å²) in [6.45, 7) is 10.7. The Bertz CT molecular complexity index is 376. The highest BCUT2D eigenvalue weighted by atomic mass is 32.2. The molecule has 1 rings (SSSR count). The van der Waals surface area contributed by atoms with Crippen LogP contribution in [0.4, 0.5) is 0 Å². The van der Waals surface area contributed by atoms with Crippen molar-refractivity contribution in [3.8, 4) is 0 Å². The van der Waals surface area contributed by atoms with E-state index in [0.29, 0.717) is 25.0 Å². The third-order valence-corrected chi connectivity index (χ3v) is 5.85. The predicted octanol–water partition coefficient (Wildman–Crippen LogP) is 2.11. The molecule has 1 heterocycles. The van der Waals surface area contributed by atoms with Crippen LogP contribution in [0, 0.1) is 5.92 Å². The first kappa shape index (κ1) is 18.9. The van der Waals surface area contributed by atoms with Gasteiger partial charge in [0.25, 0.3) is 10.2 Å². The van der Waals surface area contributed by atoms with Crippen molar-refractivity contribution < 1.29 is 8.42 Å². The molecule has 0 radical (unpaired) electrons. The lowest BCUT2D eigenvalue weighted by Gasteiger charge is -2.32. The van der Waals surface area contributed by atoms with Crippen molar-refractivity contribution in [2.45, 2.75) is 71.9 Å². The van der Waals surface area contributed by atoms with E-state index in [1.807, 2.05) is 6.92 Å². The number of hydrogen-bond acceptors (Lipinski definition) is 3. The van der Waals surface area contributed by atoms with Gasteiger partial charge in [0.15, 0.2) is 0 Å².